The van der Waals surface area contributed by atoms with Gasteiger partial charge in [-0.05, 0) is 42.8 Å². The van der Waals surface area contributed by atoms with Gasteiger partial charge in [-0.3, -0.25) is 14.6 Å². The maximum absolute atomic E-state index is 13.5. The Morgan fingerprint density at radius 1 is 1.10 bits per heavy atom. The minimum Gasteiger partial charge on any atom is -0.456 e. The standard InChI is InChI=1S/C29H22N6O3S/c1-16(17-6-7-26-21(11-17)20-4-2-3-5-25(20)38-26)33-23-14-32-29-35(28(23)37)24(15-39-29)27(36)31-13-19-10-18-12-30-9-8-22(18)34-19/h2-12,14-16,33-34H,13H2,1H3,(H,31,36)/t16-/m1/s1. The molecule has 0 saturated carbocycles. The maximum Gasteiger partial charge on any atom is 0.282 e. The number of fused-ring (bicyclic) bond motifs is 5. The van der Waals surface area contributed by atoms with Gasteiger partial charge in [-0.25, -0.2) is 9.38 Å². The van der Waals surface area contributed by atoms with Crippen molar-refractivity contribution < 1.29 is 9.21 Å². The number of nitrogens with zero attached hydrogens (tertiary/aromatic N) is 3. The number of aromatic amines is 1. The Morgan fingerprint density at radius 3 is 2.87 bits per heavy atom. The topological polar surface area (TPSA) is 117 Å². The predicted octanol–water partition coefficient (Wildman–Crippen LogP) is 5.63. The lowest BCUT2D eigenvalue weighted by Gasteiger charge is -2.15. The molecule has 10 heteroatoms. The van der Waals surface area contributed by atoms with E-state index in [0.717, 1.165) is 44.1 Å². The van der Waals surface area contributed by atoms with Crippen molar-refractivity contribution in [3.05, 3.63) is 106 Å². The normalized spacial score (nSPS) is 12.4. The largest absolute Gasteiger partial charge is 0.456 e. The van der Waals surface area contributed by atoms with Gasteiger partial charge in [0, 0.05) is 51.2 Å². The fourth-order valence-corrected chi connectivity index (χ4v) is 5.70. The molecule has 0 radical (unpaired) electrons. The second kappa shape index (κ2) is 9.10. The number of hydrogen-bond acceptors (Lipinski definition) is 7. The molecule has 0 aliphatic carbocycles. The van der Waals surface area contributed by atoms with Crippen LogP contribution in [0.3, 0.4) is 0 Å². The molecule has 2 aromatic carbocycles. The van der Waals surface area contributed by atoms with Crippen LogP contribution in [0, 0.1) is 0 Å². The van der Waals surface area contributed by atoms with Crippen molar-refractivity contribution in [1.29, 1.82) is 0 Å². The summed E-state index contributed by atoms with van der Waals surface area (Å²) in [5, 5.41) is 10.9. The van der Waals surface area contributed by atoms with Crippen molar-refractivity contribution >= 4 is 60.7 Å². The number of para-hydroxylation sites is 1. The highest BCUT2D eigenvalue weighted by atomic mass is 32.1. The van der Waals surface area contributed by atoms with Crippen LogP contribution in [0.25, 0.3) is 37.8 Å². The molecular weight excluding hydrogens is 512 g/mol. The van der Waals surface area contributed by atoms with Crippen LogP contribution in [0.5, 0.6) is 0 Å². The Hall–Kier alpha value is -4.96. The fourth-order valence-electron chi connectivity index (χ4n) is 4.87. The molecule has 39 heavy (non-hydrogen) atoms. The van der Waals surface area contributed by atoms with Gasteiger partial charge in [0.05, 0.1) is 12.7 Å². The van der Waals surface area contributed by atoms with E-state index in [1.54, 1.807) is 17.8 Å². The molecule has 0 bridgehead atoms. The number of anilines is 1. The van der Waals surface area contributed by atoms with E-state index in [0.29, 0.717) is 10.6 Å². The van der Waals surface area contributed by atoms with Crippen molar-refractivity contribution in [3.63, 3.8) is 0 Å². The molecule has 0 spiro atoms. The maximum atomic E-state index is 13.5. The van der Waals surface area contributed by atoms with Crippen LogP contribution in [-0.4, -0.2) is 25.3 Å². The lowest BCUT2D eigenvalue weighted by atomic mass is 10.0. The number of amides is 1. The summed E-state index contributed by atoms with van der Waals surface area (Å²) in [5.41, 5.74) is 4.66. The minimum absolute atomic E-state index is 0.192. The quantitative estimate of drug-likeness (QED) is 0.254. The molecule has 5 aromatic heterocycles. The SMILES string of the molecule is C[C@@H](Nc1cnc2scc(C(=O)NCc3cc4cnccc4[nH]3)n2c1=O)c1ccc2oc3ccccc3c2c1. The molecule has 7 aromatic rings. The number of furan rings is 1. The molecule has 1 amide bonds. The molecule has 1 atom stereocenters. The van der Waals surface area contributed by atoms with Crippen LogP contribution in [0.2, 0.25) is 0 Å². The highest BCUT2D eigenvalue weighted by molar-refractivity contribution is 7.15. The van der Waals surface area contributed by atoms with Crippen molar-refractivity contribution in [2.75, 3.05) is 5.32 Å². The molecule has 0 aliphatic heterocycles. The lowest BCUT2D eigenvalue weighted by Crippen LogP contribution is -2.28. The smallest absolute Gasteiger partial charge is 0.282 e. The first-order chi connectivity index (χ1) is 19.0. The zero-order chi connectivity index (χ0) is 26.5. The van der Waals surface area contributed by atoms with Gasteiger partial charge in [0.1, 0.15) is 22.5 Å². The van der Waals surface area contributed by atoms with Gasteiger partial charge in [-0.1, -0.05) is 24.3 Å². The first kappa shape index (κ1) is 23.2. The first-order valence-electron chi connectivity index (χ1n) is 12.4. The Labute approximate surface area is 225 Å². The number of hydrogen-bond donors (Lipinski definition) is 3. The number of nitrogens with one attached hydrogen (secondary N) is 3. The Balaban J connectivity index is 1.15. The zero-order valence-corrected chi connectivity index (χ0v) is 21.6. The average Bonchev–Trinajstić information content (AvgIpc) is 3.67. The van der Waals surface area contributed by atoms with Crippen LogP contribution in [0.15, 0.2) is 87.8 Å². The molecule has 0 saturated heterocycles. The summed E-state index contributed by atoms with van der Waals surface area (Å²) in [6, 6.07) is 17.5. The number of carbonyl (C=O) groups excluding carboxylic acids is 1. The predicted molar refractivity (Wildman–Crippen MR) is 152 cm³/mol. The van der Waals surface area contributed by atoms with Crippen LogP contribution in [0.1, 0.15) is 34.7 Å². The van der Waals surface area contributed by atoms with Gasteiger partial charge in [0.15, 0.2) is 4.96 Å². The van der Waals surface area contributed by atoms with Crippen LogP contribution < -0.4 is 16.2 Å². The summed E-state index contributed by atoms with van der Waals surface area (Å²) in [6.07, 6.45) is 5.00. The van der Waals surface area contributed by atoms with Gasteiger partial charge < -0.3 is 20.0 Å². The van der Waals surface area contributed by atoms with Crippen molar-refractivity contribution in [2.24, 2.45) is 0 Å². The minimum atomic E-state index is -0.357. The summed E-state index contributed by atoms with van der Waals surface area (Å²) in [7, 11) is 0. The van der Waals surface area contributed by atoms with E-state index < -0.39 is 0 Å². The molecule has 0 unspecified atom stereocenters. The average molecular weight is 535 g/mol. The summed E-state index contributed by atoms with van der Waals surface area (Å²) in [6.45, 7) is 2.27. The second-order valence-electron chi connectivity index (χ2n) is 9.38. The molecule has 192 valence electrons. The molecule has 3 N–H and O–H groups in total. The van der Waals surface area contributed by atoms with E-state index in [4.69, 9.17) is 4.42 Å². The Morgan fingerprint density at radius 2 is 1.97 bits per heavy atom. The molecule has 9 nitrogen and oxygen atoms in total. The van der Waals surface area contributed by atoms with Crippen LogP contribution in [-0.2, 0) is 6.54 Å². The number of benzene rings is 2. The second-order valence-corrected chi connectivity index (χ2v) is 10.2. The number of aromatic nitrogens is 4. The summed E-state index contributed by atoms with van der Waals surface area (Å²) in [5.74, 6) is -0.357. The molecule has 7 rings (SSSR count). The van der Waals surface area contributed by atoms with Crippen LogP contribution in [0.4, 0.5) is 5.69 Å². The van der Waals surface area contributed by atoms with Gasteiger partial charge in [-0.15, -0.1) is 11.3 Å². The van der Waals surface area contributed by atoms with Gasteiger partial charge >= 0.3 is 0 Å². The highest BCUT2D eigenvalue weighted by Gasteiger charge is 2.18. The van der Waals surface area contributed by atoms with Gasteiger partial charge in [-0.2, -0.15) is 0 Å². The summed E-state index contributed by atoms with van der Waals surface area (Å²) in [4.78, 5) is 38.8. The van der Waals surface area contributed by atoms with Crippen molar-refractivity contribution in [1.82, 2.24) is 24.7 Å². The van der Waals surface area contributed by atoms with Gasteiger partial charge in [0.2, 0.25) is 0 Å². The molecule has 0 fully saturated rings. The summed E-state index contributed by atoms with van der Waals surface area (Å²) < 4.78 is 7.30. The van der Waals surface area contributed by atoms with E-state index in [-0.39, 0.29) is 29.7 Å². The van der Waals surface area contributed by atoms with E-state index in [1.807, 2.05) is 55.5 Å². The Kier molecular flexibility index (Phi) is 5.41. The Bertz CT molecular complexity index is 2050. The lowest BCUT2D eigenvalue weighted by molar-refractivity contribution is 0.0944. The fraction of sp³-hybridized carbons (Fsp3) is 0.103. The van der Waals surface area contributed by atoms with E-state index >= 15 is 0 Å². The molecule has 5 heterocycles. The third-order valence-electron chi connectivity index (χ3n) is 6.87. The monoisotopic (exact) mass is 534 g/mol. The molecular formula is C29H22N6O3S. The van der Waals surface area contributed by atoms with Gasteiger partial charge in [0.25, 0.3) is 11.5 Å². The van der Waals surface area contributed by atoms with Crippen molar-refractivity contribution in [2.45, 2.75) is 19.5 Å². The van der Waals surface area contributed by atoms with E-state index in [2.05, 4.69) is 31.7 Å². The third-order valence-corrected chi connectivity index (χ3v) is 7.71. The number of H-pyrrole nitrogens is 1. The number of rotatable bonds is 6. The third kappa shape index (κ3) is 4.02. The zero-order valence-electron chi connectivity index (χ0n) is 20.8. The van der Waals surface area contributed by atoms with E-state index in [9.17, 15) is 9.59 Å². The summed E-state index contributed by atoms with van der Waals surface area (Å²) >= 11 is 1.25. The number of thiazole rings is 1. The number of pyridine rings is 1. The van der Waals surface area contributed by atoms with Crippen LogP contribution >= 0.6 is 11.3 Å². The number of carbonyl (C=O) groups is 1. The molecule has 0 aliphatic rings. The van der Waals surface area contributed by atoms with Crippen molar-refractivity contribution in [3.8, 4) is 0 Å². The first-order valence-corrected chi connectivity index (χ1v) is 13.3. The highest BCUT2D eigenvalue weighted by Crippen LogP contribution is 2.31. The van der Waals surface area contributed by atoms with E-state index in [1.165, 1.54) is 21.9 Å².